The van der Waals surface area contributed by atoms with Gasteiger partial charge in [0.15, 0.2) is 0 Å². The molecule has 0 heterocycles. The van der Waals surface area contributed by atoms with Crippen LogP contribution in [0.3, 0.4) is 0 Å². The van der Waals surface area contributed by atoms with Crippen LogP contribution in [0, 0.1) is 5.92 Å². The van der Waals surface area contributed by atoms with Crippen molar-refractivity contribution in [3.05, 3.63) is 0 Å². The van der Waals surface area contributed by atoms with Crippen molar-refractivity contribution >= 4 is 0 Å². The molecule has 0 fully saturated rings. The van der Waals surface area contributed by atoms with Gasteiger partial charge in [-0.25, -0.2) is 0 Å². The molecular formula is C15H32O. The van der Waals surface area contributed by atoms with Gasteiger partial charge >= 0.3 is 0 Å². The van der Waals surface area contributed by atoms with E-state index in [1.54, 1.807) is 0 Å². The Balaban J connectivity index is 3.58. The molecule has 16 heavy (non-hydrogen) atoms. The second-order valence-corrected chi connectivity index (χ2v) is 4.84. The fraction of sp³-hybridized carbons (Fsp3) is 1.00. The van der Waals surface area contributed by atoms with Crippen LogP contribution < -0.4 is 0 Å². The third-order valence-electron chi connectivity index (χ3n) is 3.31. The van der Waals surface area contributed by atoms with Gasteiger partial charge in [0.1, 0.15) is 0 Å². The van der Waals surface area contributed by atoms with E-state index in [1.807, 2.05) is 0 Å². The van der Waals surface area contributed by atoms with Gasteiger partial charge in [0.05, 0.1) is 0 Å². The van der Waals surface area contributed by atoms with Crippen molar-refractivity contribution in [2.24, 2.45) is 5.92 Å². The van der Waals surface area contributed by atoms with Crippen LogP contribution in [0.2, 0.25) is 0 Å². The lowest BCUT2D eigenvalue weighted by atomic mass is 9.92. The first-order valence-electron chi connectivity index (χ1n) is 7.42. The molecule has 0 saturated carbocycles. The molecule has 0 aliphatic heterocycles. The summed E-state index contributed by atoms with van der Waals surface area (Å²) in [6.07, 6.45) is 12.4. The minimum absolute atomic E-state index is 0.872. The van der Waals surface area contributed by atoms with Crippen molar-refractivity contribution < 1.29 is 4.74 Å². The summed E-state index contributed by atoms with van der Waals surface area (Å²) in [5.41, 5.74) is 0. The van der Waals surface area contributed by atoms with Gasteiger partial charge in [-0.3, -0.25) is 0 Å². The molecule has 0 unspecified atom stereocenters. The van der Waals surface area contributed by atoms with Crippen LogP contribution in [0.5, 0.6) is 0 Å². The van der Waals surface area contributed by atoms with Gasteiger partial charge in [0.25, 0.3) is 0 Å². The van der Waals surface area contributed by atoms with Crippen molar-refractivity contribution in [3.63, 3.8) is 0 Å². The molecule has 0 rings (SSSR count). The van der Waals surface area contributed by atoms with Gasteiger partial charge in [-0.1, -0.05) is 65.2 Å². The molecule has 0 aliphatic carbocycles. The normalized spacial score (nSPS) is 11.2. The van der Waals surface area contributed by atoms with E-state index in [0.29, 0.717) is 0 Å². The topological polar surface area (TPSA) is 9.23 Å². The maximum absolute atomic E-state index is 5.48. The maximum atomic E-state index is 5.48. The summed E-state index contributed by atoms with van der Waals surface area (Å²) in [6, 6.07) is 0. The lowest BCUT2D eigenvalue weighted by Gasteiger charge is -2.16. The second kappa shape index (κ2) is 13.0. The van der Waals surface area contributed by atoms with Crippen molar-refractivity contribution in [1.82, 2.24) is 0 Å². The lowest BCUT2D eigenvalue weighted by Crippen LogP contribution is -2.06. The molecule has 0 aromatic carbocycles. The highest BCUT2D eigenvalue weighted by atomic mass is 16.5. The summed E-state index contributed by atoms with van der Waals surface area (Å²) >= 11 is 0. The molecule has 0 aliphatic rings. The van der Waals surface area contributed by atoms with Crippen LogP contribution in [0.15, 0.2) is 0 Å². The number of hydrogen-bond acceptors (Lipinski definition) is 1. The fourth-order valence-electron chi connectivity index (χ4n) is 2.19. The Morgan fingerprint density at radius 2 is 1.31 bits per heavy atom. The molecule has 0 bridgehead atoms. The Bertz CT molecular complexity index is 98.8. The molecule has 0 atom stereocenters. The molecule has 98 valence electrons. The zero-order valence-electron chi connectivity index (χ0n) is 11.8. The monoisotopic (exact) mass is 228 g/mol. The van der Waals surface area contributed by atoms with Gasteiger partial charge in [-0.15, -0.1) is 0 Å². The average molecular weight is 228 g/mol. The van der Waals surface area contributed by atoms with Crippen LogP contribution in [-0.4, -0.2) is 13.2 Å². The summed E-state index contributed by atoms with van der Waals surface area (Å²) in [5.74, 6) is 0.921. The number of rotatable bonds is 12. The molecule has 1 nitrogen and oxygen atoms in total. The molecule has 0 saturated heterocycles. The summed E-state index contributed by atoms with van der Waals surface area (Å²) in [5, 5.41) is 0. The first-order valence-corrected chi connectivity index (χ1v) is 7.42. The second-order valence-electron chi connectivity index (χ2n) is 4.84. The number of hydrogen-bond donors (Lipinski definition) is 0. The number of ether oxygens (including phenoxy) is 1. The summed E-state index contributed by atoms with van der Waals surface area (Å²) in [6.45, 7) is 8.50. The average Bonchev–Trinajstić information content (AvgIpc) is 2.29. The van der Waals surface area contributed by atoms with E-state index < -0.39 is 0 Å². The van der Waals surface area contributed by atoms with E-state index >= 15 is 0 Å². The van der Waals surface area contributed by atoms with Gasteiger partial charge in [0.2, 0.25) is 0 Å². The SMILES string of the molecule is CCCCCC(CCCCC)CCOCC. The standard InChI is InChI=1S/C15H32O/c1-4-7-9-11-15(12-10-8-5-2)13-14-16-6-3/h15H,4-14H2,1-3H3. The predicted molar refractivity (Wildman–Crippen MR) is 72.9 cm³/mol. The molecule has 0 amide bonds. The Morgan fingerprint density at radius 1 is 0.750 bits per heavy atom. The zero-order valence-corrected chi connectivity index (χ0v) is 11.8. The van der Waals surface area contributed by atoms with E-state index in [9.17, 15) is 0 Å². The third-order valence-corrected chi connectivity index (χ3v) is 3.31. The summed E-state index contributed by atoms with van der Waals surface area (Å²) in [7, 11) is 0. The van der Waals surface area contributed by atoms with Crippen molar-refractivity contribution in [2.75, 3.05) is 13.2 Å². The van der Waals surface area contributed by atoms with Gasteiger partial charge in [-0.05, 0) is 19.3 Å². The first kappa shape index (κ1) is 16.0. The molecule has 0 aromatic heterocycles. The van der Waals surface area contributed by atoms with Crippen molar-refractivity contribution in [1.29, 1.82) is 0 Å². The largest absolute Gasteiger partial charge is 0.382 e. The highest BCUT2D eigenvalue weighted by molar-refractivity contribution is 4.60. The molecule has 0 aromatic rings. The Labute approximate surface area is 103 Å². The smallest absolute Gasteiger partial charge is 0.0468 e. The van der Waals surface area contributed by atoms with E-state index in [0.717, 1.165) is 19.1 Å². The van der Waals surface area contributed by atoms with Gasteiger partial charge in [0, 0.05) is 13.2 Å². The van der Waals surface area contributed by atoms with E-state index in [2.05, 4.69) is 20.8 Å². The fourth-order valence-corrected chi connectivity index (χ4v) is 2.19. The molecule has 0 N–H and O–H groups in total. The highest BCUT2D eigenvalue weighted by Gasteiger charge is 2.07. The minimum atomic E-state index is 0.872. The summed E-state index contributed by atoms with van der Waals surface area (Å²) in [4.78, 5) is 0. The Kier molecular flexibility index (Phi) is 13.0. The Morgan fingerprint density at radius 3 is 1.75 bits per heavy atom. The number of unbranched alkanes of at least 4 members (excludes halogenated alkanes) is 4. The van der Waals surface area contributed by atoms with Crippen LogP contribution in [0.25, 0.3) is 0 Å². The highest BCUT2D eigenvalue weighted by Crippen LogP contribution is 2.20. The van der Waals surface area contributed by atoms with Crippen LogP contribution in [0.1, 0.15) is 78.6 Å². The van der Waals surface area contributed by atoms with Crippen LogP contribution in [-0.2, 0) is 4.74 Å². The first-order chi connectivity index (χ1) is 7.85. The van der Waals surface area contributed by atoms with Crippen molar-refractivity contribution in [3.8, 4) is 0 Å². The predicted octanol–water partition coefficient (Wildman–Crippen LogP) is 5.19. The molecule has 0 spiro atoms. The molecule has 1 heteroatoms. The Hall–Kier alpha value is -0.0400. The quantitative estimate of drug-likeness (QED) is 0.418. The molecule has 0 radical (unpaired) electrons. The van der Waals surface area contributed by atoms with E-state index in [-0.39, 0.29) is 0 Å². The van der Waals surface area contributed by atoms with Crippen LogP contribution in [0.4, 0.5) is 0 Å². The zero-order chi connectivity index (χ0) is 12.1. The van der Waals surface area contributed by atoms with Gasteiger partial charge < -0.3 is 4.74 Å². The van der Waals surface area contributed by atoms with E-state index in [4.69, 9.17) is 4.74 Å². The van der Waals surface area contributed by atoms with Crippen LogP contribution >= 0.6 is 0 Å². The third kappa shape index (κ3) is 10.5. The van der Waals surface area contributed by atoms with Gasteiger partial charge in [-0.2, -0.15) is 0 Å². The maximum Gasteiger partial charge on any atom is 0.0468 e. The van der Waals surface area contributed by atoms with Crippen molar-refractivity contribution in [2.45, 2.75) is 78.6 Å². The summed E-state index contributed by atoms with van der Waals surface area (Å²) < 4.78 is 5.48. The lowest BCUT2D eigenvalue weighted by molar-refractivity contribution is 0.128. The van der Waals surface area contributed by atoms with E-state index in [1.165, 1.54) is 57.8 Å². The molecular weight excluding hydrogens is 196 g/mol. The minimum Gasteiger partial charge on any atom is -0.382 e.